The number of piperazine rings is 1. The second-order valence-electron chi connectivity index (χ2n) is 4.58. The van der Waals surface area contributed by atoms with Crippen LogP contribution >= 0.6 is 0 Å². The normalized spacial score (nSPS) is 16.8. The number of hydrogen-bond donors (Lipinski definition) is 0. The van der Waals surface area contributed by atoms with Gasteiger partial charge < -0.3 is 9.64 Å². The lowest BCUT2D eigenvalue weighted by Gasteiger charge is -2.34. The molecule has 4 nitrogen and oxygen atoms in total. The summed E-state index contributed by atoms with van der Waals surface area (Å²) in [6.07, 6.45) is 0. The van der Waals surface area contributed by atoms with Gasteiger partial charge in [-0.05, 0) is 5.56 Å². The molecule has 1 aliphatic heterocycles. The highest BCUT2D eigenvalue weighted by Gasteiger charge is 2.20. The molecule has 0 aliphatic carbocycles. The van der Waals surface area contributed by atoms with Gasteiger partial charge in [-0.25, -0.2) is 0 Å². The Morgan fingerprint density at radius 1 is 1.17 bits per heavy atom. The SMILES string of the molecule is COCC(=O)N1CCN(Cc2ccccc2)CC1. The van der Waals surface area contributed by atoms with Gasteiger partial charge in [-0.15, -0.1) is 0 Å². The predicted octanol–water partition coefficient (Wildman–Crippen LogP) is 0.977. The smallest absolute Gasteiger partial charge is 0.248 e. The maximum absolute atomic E-state index is 11.6. The molecule has 0 radical (unpaired) electrons. The van der Waals surface area contributed by atoms with Gasteiger partial charge >= 0.3 is 0 Å². The van der Waals surface area contributed by atoms with Crippen molar-refractivity contribution in [2.24, 2.45) is 0 Å². The number of carbonyl (C=O) groups is 1. The molecule has 1 aliphatic rings. The molecule has 1 amide bonds. The largest absolute Gasteiger partial charge is 0.375 e. The predicted molar refractivity (Wildman–Crippen MR) is 70.2 cm³/mol. The zero-order valence-electron chi connectivity index (χ0n) is 10.8. The molecule has 18 heavy (non-hydrogen) atoms. The van der Waals surface area contributed by atoms with Crippen LogP contribution in [0.2, 0.25) is 0 Å². The molecule has 0 aromatic heterocycles. The van der Waals surface area contributed by atoms with Crippen molar-refractivity contribution in [2.45, 2.75) is 6.54 Å². The van der Waals surface area contributed by atoms with Gasteiger partial charge in [-0.3, -0.25) is 9.69 Å². The van der Waals surface area contributed by atoms with E-state index < -0.39 is 0 Å². The molecule has 2 rings (SSSR count). The maximum atomic E-state index is 11.6. The van der Waals surface area contributed by atoms with Gasteiger partial charge in [0.25, 0.3) is 0 Å². The summed E-state index contributed by atoms with van der Waals surface area (Å²) in [6, 6.07) is 10.4. The molecular formula is C14H20N2O2. The Hall–Kier alpha value is -1.39. The van der Waals surface area contributed by atoms with Crippen molar-refractivity contribution in [1.82, 2.24) is 9.80 Å². The van der Waals surface area contributed by atoms with E-state index >= 15 is 0 Å². The third kappa shape index (κ3) is 3.55. The number of hydrogen-bond acceptors (Lipinski definition) is 3. The van der Waals surface area contributed by atoms with Gasteiger partial charge in [0.1, 0.15) is 6.61 Å². The molecule has 1 saturated heterocycles. The Labute approximate surface area is 108 Å². The molecule has 1 fully saturated rings. The molecular weight excluding hydrogens is 228 g/mol. The molecule has 4 heteroatoms. The first kappa shape index (κ1) is 13.1. The standard InChI is InChI=1S/C14H20N2O2/c1-18-12-14(17)16-9-7-15(8-10-16)11-13-5-3-2-4-6-13/h2-6H,7-12H2,1H3. The van der Waals surface area contributed by atoms with Gasteiger partial charge in [-0.1, -0.05) is 30.3 Å². The van der Waals surface area contributed by atoms with Crippen molar-refractivity contribution in [1.29, 1.82) is 0 Å². The van der Waals surface area contributed by atoms with E-state index in [2.05, 4.69) is 29.2 Å². The molecule has 98 valence electrons. The van der Waals surface area contributed by atoms with Gasteiger partial charge in [0.15, 0.2) is 0 Å². The van der Waals surface area contributed by atoms with E-state index in [1.54, 1.807) is 7.11 Å². The van der Waals surface area contributed by atoms with E-state index in [0.717, 1.165) is 32.7 Å². The summed E-state index contributed by atoms with van der Waals surface area (Å²) in [5, 5.41) is 0. The van der Waals surface area contributed by atoms with E-state index in [4.69, 9.17) is 4.74 Å². The lowest BCUT2D eigenvalue weighted by molar-refractivity contribution is -0.136. The van der Waals surface area contributed by atoms with Crippen molar-refractivity contribution in [2.75, 3.05) is 39.9 Å². The molecule has 1 aromatic rings. The zero-order valence-corrected chi connectivity index (χ0v) is 10.8. The van der Waals surface area contributed by atoms with E-state index in [1.807, 2.05) is 11.0 Å². The first-order valence-electron chi connectivity index (χ1n) is 6.32. The molecule has 1 heterocycles. The van der Waals surface area contributed by atoms with E-state index in [-0.39, 0.29) is 12.5 Å². The summed E-state index contributed by atoms with van der Waals surface area (Å²) in [7, 11) is 1.56. The molecule has 0 bridgehead atoms. The highest BCUT2D eigenvalue weighted by atomic mass is 16.5. The summed E-state index contributed by atoms with van der Waals surface area (Å²) >= 11 is 0. The number of methoxy groups -OCH3 is 1. The summed E-state index contributed by atoms with van der Waals surface area (Å²) in [5.74, 6) is 0.0943. The summed E-state index contributed by atoms with van der Waals surface area (Å²) in [6.45, 7) is 4.63. The van der Waals surface area contributed by atoms with Crippen molar-refractivity contribution in [3.8, 4) is 0 Å². The molecule has 0 spiro atoms. The van der Waals surface area contributed by atoms with Crippen LogP contribution in [0.5, 0.6) is 0 Å². The van der Waals surface area contributed by atoms with Gasteiger partial charge in [-0.2, -0.15) is 0 Å². The third-order valence-electron chi connectivity index (χ3n) is 3.24. The first-order chi connectivity index (χ1) is 8.79. The van der Waals surface area contributed by atoms with E-state index in [9.17, 15) is 4.79 Å². The lowest BCUT2D eigenvalue weighted by Crippen LogP contribution is -2.49. The van der Waals surface area contributed by atoms with Crippen molar-refractivity contribution >= 4 is 5.91 Å². The van der Waals surface area contributed by atoms with Crippen LogP contribution < -0.4 is 0 Å². The minimum atomic E-state index is 0.0943. The highest BCUT2D eigenvalue weighted by Crippen LogP contribution is 2.08. The van der Waals surface area contributed by atoms with Crippen molar-refractivity contribution < 1.29 is 9.53 Å². The molecule has 1 aromatic carbocycles. The van der Waals surface area contributed by atoms with Gasteiger partial charge in [0, 0.05) is 39.8 Å². The highest BCUT2D eigenvalue weighted by molar-refractivity contribution is 5.77. The minimum absolute atomic E-state index is 0.0943. The maximum Gasteiger partial charge on any atom is 0.248 e. The second-order valence-corrected chi connectivity index (χ2v) is 4.58. The summed E-state index contributed by atoms with van der Waals surface area (Å²) < 4.78 is 4.87. The van der Waals surface area contributed by atoms with Crippen molar-refractivity contribution in [3.05, 3.63) is 35.9 Å². The molecule has 0 saturated carbocycles. The van der Waals surface area contributed by atoms with Crippen LogP contribution in [0.4, 0.5) is 0 Å². The summed E-state index contributed by atoms with van der Waals surface area (Å²) in [4.78, 5) is 15.9. The number of benzene rings is 1. The first-order valence-corrected chi connectivity index (χ1v) is 6.32. The molecule has 0 unspecified atom stereocenters. The molecule has 0 atom stereocenters. The second kappa shape index (κ2) is 6.52. The van der Waals surface area contributed by atoms with Crippen LogP contribution in [0.3, 0.4) is 0 Å². The van der Waals surface area contributed by atoms with E-state index in [0.29, 0.717) is 0 Å². The number of nitrogens with zero attached hydrogens (tertiary/aromatic N) is 2. The topological polar surface area (TPSA) is 32.8 Å². The average Bonchev–Trinajstić information content (AvgIpc) is 2.41. The molecule has 0 N–H and O–H groups in total. The monoisotopic (exact) mass is 248 g/mol. The van der Waals surface area contributed by atoms with Crippen LogP contribution in [-0.4, -0.2) is 55.6 Å². The summed E-state index contributed by atoms with van der Waals surface area (Å²) in [5.41, 5.74) is 1.33. The average molecular weight is 248 g/mol. The van der Waals surface area contributed by atoms with Crippen molar-refractivity contribution in [3.63, 3.8) is 0 Å². The Morgan fingerprint density at radius 3 is 2.44 bits per heavy atom. The fourth-order valence-corrected chi connectivity index (χ4v) is 2.21. The Bertz CT molecular complexity index is 373. The van der Waals surface area contributed by atoms with Crippen LogP contribution in [0.1, 0.15) is 5.56 Å². The van der Waals surface area contributed by atoms with Crippen LogP contribution in [0.25, 0.3) is 0 Å². The van der Waals surface area contributed by atoms with Crippen LogP contribution in [-0.2, 0) is 16.1 Å². The van der Waals surface area contributed by atoms with E-state index in [1.165, 1.54) is 5.56 Å². The Kier molecular flexibility index (Phi) is 4.73. The fraction of sp³-hybridized carbons (Fsp3) is 0.500. The lowest BCUT2D eigenvalue weighted by atomic mass is 10.2. The van der Waals surface area contributed by atoms with Gasteiger partial charge in [0.05, 0.1) is 0 Å². The fourth-order valence-electron chi connectivity index (χ4n) is 2.21. The zero-order chi connectivity index (χ0) is 12.8. The Morgan fingerprint density at radius 2 is 1.83 bits per heavy atom. The quantitative estimate of drug-likeness (QED) is 0.796. The third-order valence-corrected chi connectivity index (χ3v) is 3.24. The number of carbonyl (C=O) groups excluding carboxylic acids is 1. The number of ether oxygens (including phenoxy) is 1. The van der Waals surface area contributed by atoms with Gasteiger partial charge in [0.2, 0.25) is 5.91 Å². The number of rotatable bonds is 4. The van der Waals surface area contributed by atoms with Crippen LogP contribution in [0, 0.1) is 0 Å². The van der Waals surface area contributed by atoms with Crippen LogP contribution in [0.15, 0.2) is 30.3 Å². The number of amides is 1. The minimum Gasteiger partial charge on any atom is -0.375 e. The Balaban J connectivity index is 1.78.